The fraction of sp³-hybridized carbons (Fsp3) is 0.455. The van der Waals surface area contributed by atoms with Gasteiger partial charge in [-0.25, -0.2) is 0 Å². The van der Waals surface area contributed by atoms with Gasteiger partial charge in [-0.3, -0.25) is 9.80 Å². The summed E-state index contributed by atoms with van der Waals surface area (Å²) >= 11 is 0. The highest BCUT2D eigenvalue weighted by atomic mass is 16.3. The lowest BCUT2D eigenvalue weighted by molar-refractivity contribution is 0.0500. The maximum atomic E-state index is 9.51. The number of hydrogen-bond acceptors (Lipinski definition) is 3. The summed E-state index contributed by atoms with van der Waals surface area (Å²) in [7, 11) is 0. The van der Waals surface area contributed by atoms with E-state index in [9.17, 15) is 5.11 Å². The first kappa shape index (κ1) is 18.1. The molecule has 2 aromatic rings. The third-order valence-corrected chi connectivity index (χ3v) is 5.15. The third-order valence-electron chi connectivity index (χ3n) is 5.15. The Morgan fingerprint density at radius 3 is 2.44 bits per heavy atom. The maximum absolute atomic E-state index is 9.51. The Balaban J connectivity index is 1.62. The van der Waals surface area contributed by atoms with Gasteiger partial charge in [0, 0.05) is 45.4 Å². The minimum absolute atomic E-state index is 0.257. The lowest BCUT2D eigenvalue weighted by atomic mass is 10.0. The summed E-state index contributed by atoms with van der Waals surface area (Å²) in [5.74, 6) is 0. The van der Waals surface area contributed by atoms with Crippen molar-refractivity contribution in [2.75, 3.05) is 26.2 Å². The lowest BCUT2D eigenvalue weighted by Crippen LogP contribution is -2.52. The summed E-state index contributed by atoms with van der Waals surface area (Å²) in [6.45, 7) is 9.69. The van der Waals surface area contributed by atoms with E-state index in [2.05, 4.69) is 72.2 Å². The summed E-state index contributed by atoms with van der Waals surface area (Å²) in [5, 5.41) is 9.51. The highest BCUT2D eigenvalue weighted by molar-refractivity contribution is 5.23. The molecule has 3 rings (SSSR count). The van der Waals surface area contributed by atoms with Crippen LogP contribution in [0.4, 0.5) is 0 Å². The molecule has 1 heterocycles. The van der Waals surface area contributed by atoms with Crippen molar-refractivity contribution in [1.29, 1.82) is 0 Å². The molecule has 134 valence electrons. The topological polar surface area (TPSA) is 26.7 Å². The van der Waals surface area contributed by atoms with E-state index in [1.165, 1.54) is 22.3 Å². The third kappa shape index (κ3) is 5.15. The largest absolute Gasteiger partial charge is 0.396 e. The number of benzene rings is 2. The number of aryl methyl sites for hydroxylation is 2. The molecule has 0 unspecified atom stereocenters. The summed E-state index contributed by atoms with van der Waals surface area (Å²) in [6.07, 6.45) is 0.843. The van der Waals surface area contributed by atoms with Gasteiger partial charge in [0.05, 0.1) is 0 Å². The van der Waals surface area contributed by atoms with E-state index in [1.54, 1.807) is 0 Å². The van der Waals surface area contributed by atoms with Crippen molar-refractivity contribution in [2.24, 2.45) is 0 Å². The van der Waals surface area contributed by atoms with Gasteiger partial charge in [-0.15, -0.1) is 0 Å². The molecule has 25 heavy (non-hydrogen) atoms. The van der Waals surface area contributed by atoms with Gasteiger partial charge >= 0.3 is 0 Å². The van der Waals surface area contributed by atoms with Gasteiger partial charge in [0.15, 0.2) is 0 Å². The second-order valence-electron chi connectivity index (χ2n) is 7.35. The first-order valence-corrected chi connectivity index (χ1v) is 9.32. The van der Waals surface area contributed by atoms with Crippen molar-refractivity contribution >= 4 is 0 Å². The average Bonchev–Trinajstić information content (AvgIpc) is 2.59. The lowest BCUT2D eigenvalue weighted by Gasteiger charge is -2.41. The van der Waals surface area contributed by atoms with E-state index in [1.807, 2.05) is 0 Å². The van der Waals surface area contributed by atoms with E-state index in [-0.39, 0.29) is 6.61 Å². The summed E-state index contributed by atoms with van der Waals surface area (Å²) in [5.41, 5.74) is 5.37. The van der Waals surface area contributed by atoms with E-state index in [0.717, 1.165) is 39.1 Å². The molecular weight excluding hydrogens is 308 g/mol. The maximum Gasteiger partial charge on any atom is 0.0446 e. The zero-order valence-corrected chi connectivity index (χ0v) is 15.5. The van der Waals surface area contributed by atoms with Crippen molar-refractivity contribution in [1.82, 2.24) is 9.80 Å². The van der Waals surface area contributed by atoms with Gasteiger partial charge in [-0.1, -0.05) is 59.7 Å². The Labute approximate surface area is 151 Å². The van der Waals surface area contributed by atoms with E-state index in [0.29, 0.717) is 6.04 Å². The zero-order valence-electron chi connectivity index (χ0n) is 15.5. The van der Waals surface area contributed by atoms with Crippen molar-refractivity contribution in [3.63, 3.8) is 0 Å². The van der Waals surface area contributed by atoms with E-state index in [4.69, 9.17) is 0 Å². The number of aliphatic hydroxyl groups is 1. The minimum atomic E-state index is 0.257. The van der Waals surface area contributed by atoms with Crippen molar-refractivity contribution in [3.8, 4) is 0 Å². The van der Waals surface area contributed by atoms with E-state index >= 15 is 0 Å². The first-order chi connectivity index (χ1) is 12.1. The van der Waals surface area contributed by atoms with Crippen LogP contribution in [0.5, 0.6) is 0 Å². The SMILES string of the molecule is Cc1ccc(CN2CCN(Cc3cccc(C)c3)C[C@H]2CCO)cc1. The van der Waals surface area contributed by atoms with Crippen LogP contribution in [0.2, 0.25) is 0 Å². The number of nitrogens with zero attached hydrogens (tertiary/aromatic N) is 2. The van der Waals surface area contributed by atoms with Crippen molar-refractivity contribution in [2.45, 2.75) is 39.4 Å². The second-order valence-corrected chi connectivity index (χ2v) is 7.35. The fourth-order valence-electron chi connectivity index (χ4n) is 3.73. The Kier molecular flexibility index (Phi) is 6.24. The van der Waals surface area contributed by atoms with Crippen molar-refractivity contribution < 1.29 is 5.11 Å². The number of piperazine rings is 1. The van der Waals surface area contributed by atoms with Crippen LogP contribution in [-0.4, -0.2) is 47.2 Å². The quantitative estimate of drug-likeness (QED) is 0.875. The predicted octanol–water partition coefficient (Wildman–Crippen LogP) is 3.37. The van der Waals surface area contributed by atoms with Gasteiger partial charge in [0.2, 0.25) is 0 Å². The Morgan fingerprint density at radius 1 is 0.920 bits per heavy atom. The van der Waals surface area contributed by atoms with Crippen LogP contribution < -0.4 is 0 Å². The molecule has 0 aromatic heterocycles. The normalized spacial score (nSPS) is 19.2. The van der Waals surface area contributed by atoms with Crippen LogP contribution in [0.1, 0.15) is 28.7 Å². The second kappa shape index (κ2) is 8.61. The molecule has 3 heteroatoms. The molecule has 0 bridgehead atoms. The van der Waals surface area contributed by atoms with Gasteiger partial charge in [-0.05, 0) is 31.4 Å². The molecule has 1 saturated heterocycles. The van der Waals surface area contributed by atoms with Gasteiger partial charge in [0.1, 0.15) is 0 Å². The highest BCUT2D eigenvalue weighted by Crippen LogP contribution is 2.19. The monoisotopic (exact) mass is 338 g/mol. The number of hydrogen-bond donors (Lipinski definition) is 1. The molecular formula is C22H30N2O. The average molecular weight is 338 g/mol. The number of rotatable bonds is 6. The van der Waals surface area contributed by atoms with Gasteiger partial charge < -0.3 is 5.11 Å². The standard InChI is InChI=1S/C22H30N2O/c1-18-6-8-20(9-7-18)16-24-12-11-23(17-22(24)10-13-25)15-21-5-3-4-19(2)14-21/h3-9,14,22,25H,10-13,15-17H2,1-2H3/t22-/m1/s1. The molecule has 0 aliphatic carbocycles. The smallest absolute Gasteiger partial charge is 0.0446 e. The molecule has 2 aromatic carbocycles. The molecule has 0 saturated carbocycles. The number of aliphatic hydroxyl groups excluding tert-OH is 1. The molecule has 1 N–H and O–H groups in total. The van der Waals surface area contributed by atoms with Gasteiger partial charge in [0.25, 0.3) is 0 Å². The van der Waals surface area contributed by atoms with Gasteiger partial charge in [-0.2, -0.15) is 0 Å². The summed E-state index contributed by atoms with van der Waals surface area (Å²) < 4.78 is 0. The molecule has 1 aliphatic heterocycles. The summed E-state index contributed by atoms with van der Waals surface area (Å²) in [4.78, 5) is 5.06. The molecule has 1 aliphatic rings. The summed E-state index contributed by atoms with van der Waals surface area (Å²) in [6, 6.07) is 18.0. The molecule has 0 spiro atoms. The fourth-order valence-corrected chi connectivity index (χ4v) is 3.73. The van der Waals surface area contributed by atoms with Crippen molar-refractivity contribution in [3.05, 3.63) is 70.8 Å². The van der Waals surface area contributed by atoms with E-state index < -0.39 is 0 Å². The Morgan fingerprint density at radius 2 is 1.72 bits per heavy atom. The molecule has 3 nitrogen and oxygen atoms in total. The van der Waals surface area contributed by atoms with Crippen LogP contribution >= 0.6 is 0 Å². The molecule has 1 fully saturated rings. The van der Waals surface area contributed by atoms with Crippen LogP contribution in [0, 0.1) is 13.8 Å². The van der Waals surface area contributed by atoms with Crippen LogP contribution in [-0.2, 0) is 13.1 Å². The molecule has 0 amide bonds. The zero-order chi connectivity index (χ0) is 17.6. The Hall–Kier alpha value is -1.68. The molecule has 1 atom stereocenters. The molecule has 0 radical (unpaired) electrons. The first-order valence-electron chi connectivity index (χ1n) is 9.32. The van der Waals surface area contributed by atoms with Crippen LogP contribution in [0.25, 0.3) is 0 Å². The van der Waals surface area contributed by atoms with Crippen LogP contribution in [0.3, 0.4) is 0 Å². The highest BCUT2D eigenvalue weighted by Gasteiger charge is 2.26. The Bertz CT molecular complexity index is 668. The minimum Gasteiger partial charge on any atom is -0.396 e. The predicted molar refractivity (Wildman–Crippen MR) is 104 cm³/mol. The van der Waals surface area contributed by atoms with Crippen LogP contribution in [0.15, 0.2) is 48.5 Å².